The molecule has 0 saturated carbocycles. The maximum Gasteiger partial charge on any atom is 0.328 e. The van der Waals surface area contributed by atoms with Gasteiger partial charge < -0.3 is 15.0 Å². The Morgan fingerprint density at radius 2 is 1.78 bits per heavy atom. The summed E-state index contributed by atoms with van der Waals surface area (Å²) in [5.74, 6) is -0.726. The number of methoxy groups -OCH3 is 1. The third-order valence-corrected chi connectivity index (χ3v) is 4.79. The van der Waals surface area contributed by atoms with Crippen molar-refractivity contribution in [1.29, 1.82) is 0 Å². The molecule has 5 heteroatoms. The minimum atomic E-state index is -0.762. The largest absolute Gasteiger partial charge is 0.467 e. The molecule has 2 N–H and O–H groups in total. The first-order chi connectivity index (χ1) is 12.9. The quantitative estimate of drug-likeness (QED) is 0.680. The van der Waals surface area contributed by atoms with Gasteiger partial charge in [-0.25, -0.2) is 4.79 Å². The molecule has 1 atom stereocenters. The van der Waals surface area contributed by atoms with Crippen LogP contribution in [0.5, 0.6) is 0 Å². The van der Waals surface area contributed by atoms with Crippen molar-refractivity contribution in [1.82, 2.24) is 10.3 Å². The summed E-state index contributed by atoms with van der Waals surface area (Å²) in [6.07, 6.45) is 2.22. The Hall–Kier alpha value is -3.08. The Balaban J connectivity index is 1.88. The third-order valence-electron chi connectivity index (χ3n) is 4.79. The van der Waals surface area contributed by atoms with Gasteiger partial charge in [-0.15, -0.1) is 0 Å². The molecule has 5 nitrogen and oxygen atoms in total. The number of para-hydroxylation sites is 1. The average Bonchev–Trinajstić information content (AvgIpc) is 3.02. The van der Waals surface area contributed by atoms with Crippen LogP contribution in [-0.4, -0.2) is 30.0 Å². The van der Waals surface area contributed by atoms with Crippen LogP contribution in [0, 0.1) is 20.8 Å². The normalized spacial score (nSPS) is 12.0. The third kappa shape index (κ3) is 3.87. The summed E-state index contributed by atoms with van der Waals surface area (Å²) in [5.41, 5.74) is 5.44. The van der Waals surface area contributed by atoms with E-state index in [1.54, 1.807) is 0 Å². The number of carbonyl (C=O) groups excluding carboxylic acids is 2. The number of nitrogens with one attached hydrogen (secondary N) is 2. The van der Waals surface area contributed by atoms with Crippen LogP contribution in [0.15, 0.2) is 42.6 Å². The first-order valence-corrected chi connectivity index (χ1v) is 8.92. The Morgan fingerprint density at radius 3 is 2.44 bits per heavy atom. The molecule has 1 heterocycles. The topological polar surface area (TPSA) is 71.2 Å². The number of benzene rings is 2. The SMILES string of the molecule is COC(=O)[C@@H](Cc1c[nH]c2ccccc12)NC(=O)c1c(C)cc(C)cc1C. The number of rotatable bonds is 5. The van der Waals surface area contributed by atoms with Crippen LogP contribution >= 0.6 is 0 Å². The average molecular weight is 364 g/mol. The van der Waals surface area contributed by atoms with Crippen molar-refractivity contribution in [2.24, 2.45) is 0 Å². The van der Waals surface area contributed by atoms with Crippen LogP contribution in [0.25, 0.3) is 10.9 Å². The lowest BCUT2D eigenvalue weighted by atomic mass is 9.98. The molecular formula is C22H24N2O3. The zero-order valence-corrected chi connectivity index (χ0v) is 16.1. The van der Waals surface area contributed by atoms with Crippen LogP contribution in [0.3, 0.4) is 0 Å². The molecule has 0 saturated heterocycles. The van der Waals surface area contributed by atoms with Gasteiger partial charge in [0.15, 0.2) is 0 Å². The number of aryl methyl sites for hydroxylation is 3. The van der Waals surface area contributed by atoms with E-state index in [1.165, 1.54) is 7.11 Å². The van der Waals surface area contributed by atoms with Gasteiger partial charge in [0, 0.05) is 29.1 Å². The van der Waals surface area contributed by atoms with Crippen molar-refractivity contribution in [2.45, 2.75) is 33.2 Å². The monoisotopic (exact) mass is 364 g/mol. The number of esters is 1. The van der Waals surface area contributed by atoms with Crippen molar-refractivity contribution in [3.05, 3.63) is 70.4 Å². The highest BCUT2D eigenvalue weighted by Gasteiger charge is 2.25. The van der Waals surface area contributed by atoms with Gasteiger partial charge in [0.05, 0.1) is 7.11 Å². The molecule has 1 amide bonds. The molecule has 1 aromatic heterocycles. The van der Waals surface area contributed by atoms with Crippen LogP contribution in [0.4, 0.5) is 0 Å². The molecular weight excluding hydrogens is 340 g/mol. The molecule has 0 unspecified atom stereocenters. The fourth-order valence-electron chi connectivity index (χ4n) is 3.62. The highest BCUT2D eigenvalue weighted by Crippen LogP contribution is 2.20. The van der Waals surface area contributed by atoms with E-state index in [-0.39, 0.29) is 5.91 Å². The van der Waals surface area contributed by atoms with Gasteiger partial charge in [-0.05, 0) is 43.5 Å². The molecule has 0 aliphatic heterocycles. The number of amides is 1. The second kappa shape index (κ2) is 7.66. The summed E-state index contributed by atoms with van der Waals surface area (Å²) in [7, 11) is 1.33. The van der Waals surface area contributed by atoms with Gasteiger partial charge >= 0.3 is 5.97 Å². The van der Waals surface area contributed by atoms with E-state index in [9.17, 15) is 9.59 Å². The van der Waals surface area contributed by atoms with Crippen molar-refractivity contribution < 1.29 is 14.3 Å². The zero-order valence-electron chi connectivity index (χ0n) is 16.1. The lowest BCUT2D eigenvalue weighted by molar-refractivity contribution is -0.142. The second-order valence-corrected chi connectivity index (χ2v) is 6.89. The molecule has 0 aliphatic carbocycles. The molecule has 0 aliphatic rings. The summed E-state index contributed by atoms with van der Waals surface area (Å²) < 4.78 is 4.93. The number of aromatic amines is 1. The predicted octanol–water partition coefficient (Wildman–Crippen LogP) is 3.61. The molecule has 140 valence electrons. The highest BCUT2D eigenvalue weighted by molar-refractivity contribution is 5.99. The van der Waals surface area contributed by atoms with Gasteiger partial charge in [-0.2, -0.15) is 0 Å². The molecule has 27 heavy (non-hydrogen) atoms. The summed E-state index contributed by atoms with van der Waals surface area (Å²) >= 11 is 0. The van der Waals surface area contributed by atoms with E-state index >= 15 is 0 Å². The van der Waals surface area contributed by atoms with E-state index in [1.807, 2.05) is 63.4 Å². The maximum atomic E-state index is 12.9. The minimum Gasteiger partial charge on any atom is -0.467 e. The Bertz CT molecular complexity index is 981. The Morgan fingerprint density at radius 1 is 1.11 bits per heavy atom. The number of fused-ring (bicyclic) bond motifs is 1. The van der Waals surface area contributed by atoms with Crippen LogP contribution in [0.1, 0.15) is 32.6 Å². The van der Waals surface area contributed by atoms with Gasteiger partial charge in [0.1, 0.15) is 6.04 Å². The number of hydrogen-bond donors (Lipinski definition) is 2. The summed E-state index contributed by atoms with van der Waals surface area (Å²) in [5, 5.41) is 3.89. The van der Waals surface area contributed by atoms with Gasteiger partial charge in [-0.3, -0.25) is 4.79 Å². The minimum absolute atomic E-state index is 0.264. The number of hydrogen-bond acceptors (Lipinski definition) is 3. The number of ether oxygens (including phenoxy) is 1. The molecule has 3 aromatic rings. The van der Waals surface area contributed by atoms with Crippen LogP contribution in [-0.2, 0) is 16.0 Å². The first kappa shape index (κ1) is 18.7. The molecule has 0 fully saturated rings. The summed E-state index contributed by atoms with van der Waals surface area (Å²) in [4.78, 5) is 28.4. The summed E-state index contributed by atoms with van der Waals surface area (Å²) in [6, 6.07) is 11.0. The molecule has 0 bridgehead atoms. The fourth-order valence-corrected chi connectivity index (χ4v) is 3.62. The molecule has 3 rings (SSSR count). The van der Waals surface area contributed by atoms with Gasteiger partial charge in [0.25, 0.3) is 5.91 Å². The van der Waals surface area contributed by atoms with Crippen molar-refractivity contribution >= 4 is 22.8 Å². The number of carbonyl (C=O) groups is 2. The van der Waals surface area contributed by atoms with Crippen molar-refractivity contribution in [3.63, 3.8) is 0 Å². The molecule has 0 radical (unpaired) electrons. The van der Waals surface area contributed by atoms with E-state index in [4.69, 9.17) is 4.74 Å². The highest BCUT2D eigenvalue weighted by atomic mass is 16.5. The second-order valence-electron chi connectivity index (χ2n) is 6.89. The zero-order chi connectivity index (χ0) is 19.6. The fraction of sp³-hybridized carbons (Fsp3) is 0.273. The Kier molecular flexibility index (Phi) is 5.31. The predicted molar refractivity (Wildman–Crippen MR) is 106 cm³/mol. The number of H-pyrrole nitrogens is 1. The number of aromatic nitrogens is 1. The first-order valence-electron chi connectivity index (χ1n) is 8.92. The smallest absolute Gasteiger partial charge is 0.328 e. The van der Waals surface area contributed by atoms with E-state index < -0.39 is 12.0 Å². The van der Waals surface area contributed by atoms with E-state index in [0.29, 0.717) is 12.0 Å². The van der Waals surface area contributed by atoms with E-state index in [2.05, 4.69) is 10.3 Å². The lowest BCUT2D eigenvalue weighted by Gasteiger charge is -2.18. The standard InChI is InChI=1S/C22H24N2O3/c1-13-9-14(2)20(15(3)10-13)21(25)24-19(22(26)27-4)11-16-12-23-18-8-6-5-7-17(16)18/h5-10,12,19,23H,11H2,1-4H3,(H,24,25)/t19-/m1/s1. The van der Waals surface area contributed by atoms with Crippen LogP contribution in [0.2, 0.25) is 0 Å². The van der Waals surface area contributed by atoms with E-state index in [0.717, 1.165) is 33.2 Å². The maximum absolute atomic E-state index is 12.9. The van der Waals surface area contributed by atoms with Crippen molar-refractivity contribution in [2.75, 3.05) is 7.11 Å². The Labute approximate surface area is 158 Å². The molecule has 0 spiro atoms. The summed E-state index contributed by atoms with van der Waals surface area (Å²) in [6.45, 7) is 5.80. The van der Waals surface area contributed by atoms with Gasteiger partial charge in [-0.1, -0.05) is 35.9 Å². The van der Waals surface area contributed by atoms with Crippen LogP contribution < -0.4 is 5.32 Å². The lowest BCUT2D eigenvalue weighted by Crippen LogP contribution is -2.43. The molecule has 2 aromatic carbocycles. The van der Waals surface area contributed by atoms with Gasteiger partial charge in [0.2, 0.25) is 0 Å². The van der Waals surface area contributed by atoms with Crippen molar-refractivity contribution in [3.8, 4) is 0 Å².